The van der Waals surface area contributed by atoms with E-state index in [2.05, 4.69) is 22.6 Å². The Labute approximate surface area is 182 Å². The van der Waals surface area contributed by atoms with Crippen LogP contribution in [0.3, 0.4) is 0 Å². The first-order valence-electron chi connectivity index (χ1n) is 8.88. The van der Waals surface area contributed by atoms with Crippen molar-refractivity contribution < 1.29 is 23.8 Å². The summed E-state index contributed by atoms with van der Waals surface area (Å²) in [6, 6.07) is 21.6. The third-order valence-corrected chi connectivity index (χ3v) is 4.92. The van der Waals surface area contributed by atoms with Gasteiger partial charge in [-0.3, -0.25) is 4.79 Å². The lowest BCUT2D eigenvalue weighted by Gasteiger charge is -2.14. The van der Waals surface area contributed by atoms with Crippen LogP contribution < -0.4 is 9.47 Å². The molecule has 0 atom stereocenters. The van der Waals surface area contributed by atoms with E-state index in [1.54, 1.807) is 43.5 Å². The fraction of sp³-hybridized carbons (Fsp3) is 0.130. The Kier molecular flexibility index (Phi) is 7.24. The summed E-state index contributed by atoms with van der Waals surface area (Å²) >= 11 is 2.07. The number of halogens is 1. The first-order valence-corrected chi connectivity index (χ1v) is 9.96. The highest BCUT2D eigenvalue weighted by atomic mass is 127. The zero-order valence-electron chi connectivity index (χ0n) is 15.8. The number of rotatable bonds is 8. The van der Waals surface area contributed by atoms with Gasteiger partial charge in [-0.1, -0.05) is 60.7 Å². The number of carbonyl (C=O) groups is 2. The second-order valence-electron chi connectivity index (χ2n) is 6.13. The van der Waals surface area contributed by atoms with E-state index in [1.165, 1.54) is 0 Å². The molecule has 0 saturated carbocycles. The van der Waals surface area contributed by atoms with Gasteiger partial charge in [-0.05, 0) is 40.3 Å². The van der Waals surface area contributed by atoms with Gasteiger partial charge < -0.3 is 14.2 Å². The predicted octanol–water partition coefficient (Wildman–Crippen LogP) is 4.92. The van der Waals surface area contributed by atoms with Crippen molar-refractivity contribution in [2.45, 2.75) is 6.61 Å². The lowest BCUT2D eigenvalue weighted by molar-refractivity contribution is 0.0474. The van der Waals surface area contributed by atoms with Crippen molar-refractivity contribution in [1.82, 2.24) is 0 Å². The van der Waals surface area contributed by atoms with Crippen molar-refractivity contribution >= 4 is 34.3 Å². The maximum absolute atomic E-state index is 12.5. The van der Waals surface area contributed by atoms with Crippen molar-refractivity contribution in [3.8, 4) is 11.5 Å². The maximum Gasteiger partial charge on any atom is 0.338 e. The van der Waals surface area contributed by atoms with Gasteiger partial charge in [0.05, 0.1) is 16.2 Å². The van der Waals surface area contributed by atoms with Crippen molar-refractivity contribution in [3.05, 3.63) is 93.1 Å². The van der Waals surface area contributed by atoms with Gasteiger partial charge in [0.15, 0.2) is 23.9 Å². The number of hydrogen-bond donors (Lipinski definition) is 0. The molecule has 0 saturated heterocycles. The van der Waals surface area contributed by atoms with Crippen LogP contribution in [-0.4, -0.2) is 25.5 Å². The molecule has 0 aliphatic carbocycles. The fourth-order valence-corrected chi connectivity index (χ4v) is 3.47. The summed E-state index contributed by atoms with van der Waals surface area (Å²) in [7, 11) is 1.55. The molecule has 0 bridgehead atoms. The molecule has 0 aliphatic rings. The minimum absolute atomic E-state index is 0.261. The van der Waals surface area contributed by atoms with E-state index >= 15 is 0 Å². The molecule has 0 radical (unpaired) electrons. The molecule has 3 aromatic rings. The Balaban J connectivity index is 1.72. The zero-order chi connectivity index (χ0) is 20.6. The van der Waals surface area contributed by atoms with Crippen LogP contribution >= 0.6 is 22.6 Å². The number of esters is 1. The Morgan fingerprint density at radius 3 is 2.21 bits per heavy atom. The summed E-state index contributed by atoms with van der Waals surface area (Å²) in [6.45, 7) is 0.00390. The molecule has 29 heavy (non-hydrogen) atoms. The summed E-state index contributed by atoms with van der Waals surface area (Å²) in [5.74, 6) is 0.116. The molecule has 0 unspecified atom stereocenters. The van der Waals surface area contributed by atoms with Crippen LogP contribution in [0.15, 0.2) is 72.8 Å². The second kappa shape index (κ2) is 10.1. The molecule has 0 heterocycles. The number of ketones is 1. The number of hydrogen-bond acceptors (Lipinski definition) is 5. The minimum atomic E-state index is -0.598. The Morgan fingerprint density at radius 1 is 0.897 bits per heavy atom. The molecule has 0 spiro atoms. The maximum atomic E-state index is 12.5. The molecule has 0 fully saturated rings. The monoisotopic (exact) mass is 502 g/mol. The van der Waals surface area contributed by atoms with Crippen molar-refractivity contribution in [2.24, 2.45) is 0 Å². The number of methoxy groups -OCH3 is 1. The van der Waals surface area contributed by atoms with Gasteiger partial charge in [-0.15, -0.1) is 0 Å². The highest BCUT2D eigenvalue weighted by molar-refractivity contribution is 14.1. The van der Waals surface area contributed by atoms with Gasteiger partial charge >= 0.3 is 5.97 Å². The summed E-state index contributed by atoms with van der Waals surface area (Å²) in [5.41, 5.74) is 1.78. The quantitative estimate of drug-likeness (QED) is 0.249. The van der Waals surface area contributed by atoms with Crippen LogP contribution in [0.25, 0.3) is 0 Å². The standard InChI is InChI=1S/C23H19IO5/c1-27-22-19(24)12-18(13-21(22)28-14-16-8-4-2-5-9-16)23(26)29-15-20(25)17-10-6-3-7-11-17/h2-13H,14-15H2,1H3. The third-order valence-electron chi connectivity index (χ3n) is 4.12. The van der Waals surface area contributed by atoms with Crippen LogP contribution in [0.1, 0.15) is 26.3 Å². The number of ether oxygens (including phenoxy) is 3. The molecular formula is C23H19IO5. The molecule has 0 aliphatic heterocycles. The van der Waals surface area contributed by atoms with Crippen LogP contribution in [-0.2, 0) is 11.3 Å². The topological polar surface area (TPSA) is 61.8 Å². The largest absolute Gasteiger partial charge is 0.492 e. The summed E-state index contributed by atoms with van der Waals surface area (Å²) in [6.07, 6.45) is 0. The second-order valence-corrected chi connectivity index (χ2v) is 7.29. The number of benzene rings is 3. The molecule has 5 nitrogen and oxygen atoms in total. The minimum Gasteiger partial charge on any atom is -0.492 e. The molecule has 148 valence electrons. The predicted molar refractivity (Wildman–Crippen MR) is 118 cm³/mol. The highest BCUT2D eigenvalue weighted by Crippen LogP contribution is 2.34. The lowest BCUT2D eigenvalue weighted by atomic mass is 10.1. The van der Waals surface area contributed by atoms with Gasteiger partial charge in [-0.2, -0.15) is 0 Å². The first kappa shape index (κ1) is 20.9. The van der Waals surface area contributed by atoms with Gasteiger partial charge in [0.25, 0.3) is 0 Å². The van der Waals surface area contributed by atoms with Crippen LogP contribution in [0.2, 0.25) is 0 Å². The highest BCUT2D eigenvalue weighted by Gasteiger charge is 2.18. The van der Waals surface area contributed by atoms with Crippen LogP contribution in [0.4, 0.5) is 0 Å². The van der Waals surface area contributed by atoms with Gasteiger partial charge in [-0.25, -0.2) is 4.79 Å². The molecule has 3 aromatic carbocycles. The van der Waals surface area contributed by atoms with E-state index in [0.717, 1.165) is 5.56 Å². The molecular weight excluding hydrogens is 483 g/mol. The summed E-state index contributed by atoms with van der Waals surface area (Å²) < 4.78 is 17.2. The van der Waals surface area contributed by atoms with Crippen molar-refractivity contribution in [3.63, 3.8) is 0 Å². The van der Waals surface area contributed by atoms with Crippen LogP contribution in [0, 0.1) is 3.57 Å². The average molecular weight is 502 g/mol. The normalized spacial score (nSPS) is 10.3. The first-order chi connectivity index (χ1) is 14.1. The van der Waals surface area contributed by atoms with E-state index < -0.39 is 5.97 Å². The average Bonchev–Trinajstić information content (AvgIpc) is 2.76. The fourth-order valence-electron chi connectivity index (χ4n) is 2.65. The van der Waals surface area contributed by atoms with E-state index in [9.17, 15) is 9.59 Å². The van der Waals surface area contributed by atoms with Gasteiger partial charge in [0.1, 0.15) is 6.61 Å². The van der Waals surface area contributed by atoms with E-state index in [1.807, 2.05) is 36.4 Å². The molecule has 3 rings (SSSR count). The lowest BCUT2D eigenvalue weighted by Crippen LogP contribution is -2.14. The van der Waals surface area contributed by atoms with E-state index in [0.29, 0.717) is 32.8 Å². The Bertz CT molecular complexity index is 987. The van der Waals surface area contributed by atoms with Gasteiger partial charge in [0, 0.05) is 5.56 Å². The van der Waals surface area contributed by atoms with E-state index in [-0.39, 0.29) is 12.4 Å². The smallest absolute Gasteiger partial charge is 0.338 e. The Hall–Kier alpha value is -2.87. The molecule has 0 aromatic heterocycles. The van der Waals surface area contributed by atoms with Crippen LogP contribution in [0.5, 0.6) is 11.5 Å². The van der Waals surface area contributed by atoms with Gasteiger partial charge in [0.2, 0.25) is 0 Å². The zero-order valence-corrected chi connectivity index (χ0v) is 17.9. The van der Waals surface area contributed by atoms with E-state index in [4.69, 9.17) is 14.2 Å². The number of Topliss-reactive ketones (excluding diaryl/α,β-unsaturated/α-hetero) is 1. The number of carbonyl (C=O) groups excluding carboxylic acids is 2. The molecule has 6 heteroatoms. The molecule has 0 amide bonds. The SMILES string of the molecule is COc1c(I)cc(C(=O)OCC(=O)c2ccccc2)cc1OCc1ccccc1. The van der Waals surface area contributed by atoms with Crippen molar-refractivity contribution in [1.29, 1.82) is 0 Å². The third kappa shape index (κ3) is 5.57. The Morgan fingerprint density at radius 2 is 1.55 bits per heavy atom. The summed E-state index contributed by atoms with van der Waals surface area (Å²) in [5, 5.41) is 0. The molecule has 0 N–H and O–H groups in total. The summed E-state index contributed by atoms with van der Waals surface area (Å²) in [4.78, 5) is 24.6. The van der Waals surface area contributed by atoms with Crippen molar-refractivity contribution in [2.75, 3.05) is 13.7 Å².